The maximum atomic E-state index is 15.2. The first kappa shape index (κ1) is 16.9. The fourth-order valence-corrected chi connectivity index (χ4v) is 3.66. The number of morpholine rings is 1. The van der Waals surface area contributed by atoms with Crippen molar-refractivity contribution in [1.82, 2.24) is 14.8 Å². The standard InChI is InChI=1S/C20H16F2N4O2/c21-15-10-13-17-14(20(27)26(24-17)12-4-2-1-3-5-12)11-23-18(13)16(22)19(15)25-6-8-28-9-7-25/h1-5,10-11,24H,6-9H2. The highest BCUT2D eigenvalue weighted by atomic mass is 19.1. The number of benzene rings is 2. The predicted octanol–water partition coefficient (Wildman–Crippen LogP) is 2.98. The smallest absolute Gasteiger partial charge is 0.280 e. The first-order valence-corrected chi connectivity index (χ1v) is 8.94. The second-order valence-electron chi connectivity index (χ2n) is 6.65. The van der Waals surface area contributed by atoms with Crippen molar-refractivity contribution < 1.29 is 13.5 Å². The van der Waals surface area contributed by atoms with Gasteiger partial charge in [-0.25, -0.2) is 13.5 Å². The number of rotatable bonds is 2. The molecule has 0 unspecified atom stereocenters. The van der Waals surface area contributed by atoms with Crippen LogP contribution in [-0.2, 0) is 4.74 Å². The molecule has 0 saturated carbocycles. The third kappa shape index (κ3) is 2.49. The van der Waals surface area contributed by atoms with Crippen LogP contribution in [-0.4, -0.2) is 41.1 Å². The van der Waals surface area contributed by atoms with Crippen LogP contribution < -0.4 is 10.5 Å². The number of hydrogen-bond donors (Lipinski definition) is 1. The van der Waals surface area contributed by atoms with E-state index in [4.69, 9.17) is 4.74 Å². The number of aromatic nitrogens is 3. The van der Waals surface area contributed by atoms with Crippen molar-refractivity contribution in [1.29, 1.82) is 0 Å². The minimum absolute atomic E-state index is 0.0249. The average Bonchev–Trinajstić information content (AvgIpc) is 3.07. The topological polar surface area (TPSA) is 63.2 Å². The number of halogens is 2. The molecule has 2 aromatic heterocycles. The molecule has 0 amide bonds. The predicted molar refractivity (Wildman–Crippen MR) is 102 cm³/mol. The van der Waals surface area contributed by atoms with Gasteiger partial charge in [-0.2, -0.15) is 0 Å². The molecule has 142 valence electrons. The molecule has 0 atom stereocenters. The summed E-state index contributed by atoms with van der Waals surface area (Å²) in [6.07, 6.45) is 1.33. The molecule has 3 heterocycles. The second-order valence-corrected chi connectivity index (χ2v) is 6.65. The number of nitrogens with one attached hydrogen (secondary N) is 1. The van der Waals surface area contributed by atoms with Gasteiger partial charge in [0.05, 0.1) is 29.8 Å². The van der Waals surface area contributed by atoms with E-state index in [1.807, 2.05) is 6.07 Å². The van der Waals surface area contributed by atoms with E-state index in [2.05, 4.69) is 10.1 Å². The number of ether oxygens (including phenoxy) is 1. The highest BCUT2D eigenvalue weighted by Crippen LogP contribution is 2.32. The highest BCUT2D eigenvalue weighted by molar-refractivity contribution is 6.04. The third-order valence-corrected chi connectivity index (χ3v) is 5.03. The lowest BCUT2D eigenvalue weighted by atomic mass is 10.1. The molecule has 4 aromatic rings. The van der Waals surface area contributed by atoms with Gasteiger partial charge in [-0.15, -0.1) is 0 Å². The molecule has 5 rings (SSSR count). The van der Waals surface area contributed by atoms with Gasteiger partial charge >= 0.3 is 0 Å². The third-order valence-electron chi connectivity index (χ3n) is 5.03. The number of fused-ring (bicyclic) bond motifs is 3. The minimum atomic E-state index is -0.730. The first-order valence-electron chi connectivity index (χ1n) is 8.94. The summed E-state index contributed by atoms with van der Waals surface area (Å²) in [4.78, 5) is 18.5. The quantitative estimate of drug-likeness (QED) is 0.579. The molecule has 6 nitrogen and oxygen atoms in total. The zero-order valence-electron chi connectivity index (χ0n) is 14.8. The van der Waals surface area contributed by atoms with Crippen LogP contribution in [0, 0.1) is 11.6 Å². The largest absolute Gasteiger partial charge is 0.378 e. The number of H-pyrrole nitrogens is 1. The van der Waals surface area contributed by atoms with Crippen molar-refractivity contribution in [2.75, 3.05) is 31.2 Å². The summed E-state index contributed by atoms with van der Waals surface area (Å²) in [6.45, 7) is 1.64. The van der Waals surface area contributed by atoms with Gasteiger partial charge in [0.2, 0.25) is 0 Å². The lowest BCUT2D eigenvalue weighted by molar-refractivity contribution is 0.122. The number of aromatic amines is 1. The summed E-state index contributed by atoms with van der Waals surface area (Å²) in [5, 5.41) is 3.48. The molecular weight excluding hydrogens is 366 g/mol. The van der Waals surface area contributed by atoms with Crippen LogP contribution in [0.15, 0.2) is 47.4 Å². The summed E-state index contributed by atoms with van der Waals surface area (Å²) < 4.78 is 36.7. The molecular formula is C20H16F2N4O2. The van der Waals surface area contributed by atoms with Crippen molar-refractivity contribution in [3.63, 3.8) is 0 Å². The van der Waals surface area contributed by atoms with Gasteiger partial charge in [-0.3, -0.25) is 14.9 Å². The zero-order valence-corrected chi connectivity index (χ0v) is 14.8. The summed E-state index contributed by atoms with van der Waals surface area (Å²) in [7, 11) is 0. The van der Waals surface area contributed by atoms with E-state index in [9.17, 15) is 9.18 Å². The van der Waals surface area contributed by atoms with Crippen molar-refractivity contribution >= 4 is 27.5 Å². The molecule has 0 bridgehead atoms. The molecule has 28 heavy (non-hydrogen) atoms. The Morgan fingerprint density at radius 3 is 2.57 bits per heavy atom. The fraction of sp³-hybridized carbons (Fsp3) is 0.200. The molecule has 8 heteroatoms. The molecule has 1 aliphatic heterocycles. The zero-order chi connectivity index (χ0) is 19.3. The normalized spacial score (nSPS) is 14.9. The minimum Gasteiger partial charge on any atom is -0.378 e. The molecule has 0 spiro atoms. The van der Waals surface area contributed by atoms with Crippen molar-refractivity contribution in [3.05, 3.63) is 64.6 Å². The number of nitrogens with zero attached hydrogens (tertiary/aromatic N) is 3. The van der Waals surface area contributed by atoms with Gasteiger partial charge in [-0.05, 0) is 18.2 Å². The lowest BCUT2D eigenvalue weighted by Crippen LogP contribution is -2.37. The SMILES string of the molecule is O=c1c2cnc3c(F)c(N4CCOCC4)c(F)cc3c2[nH]n1-c1ccccc1. The van der Waals surface area contributed by atoms with Crippen molar-refractivity contribution in [3.8, 4) is 5.69 Å². The van der Waals surface area contributed by atoms with Crippen LogP contribution in [0.4, 0.5) is 14.5 Å². The van der Waals surface area contributed by atoms with Gasteiger partial charge in [-0.1, -0.05) is 18.2 Å². The highest BCUT2D eigenvalue weighted by Gasteiger charge is 2.24. The van der Waals surface area contributed by atoms with E-state index in [0.29, 0.717) is 37.5 Å². The number of para-hydroxylation sites is 1. The first-order chi connectivity index (χ1) is 13.6. The molecule has 1 fully saturated rings. The van der Waals surface area contributed by atoms with Gasteiger partial charge in [0.15, 0.2) is 5.82 Å². The molecule has 1 saturated heterocycles. The summed E-state index contributed by atoms with van der Waals surface area (Å²) >= 11 is 0. The van der Waals surface area contributed by atoms with E-state index in [1.165, 1.54) is 16.9 Å². The van der Waals surface area contributed by atoms with Gasteiger partial charge in [0.1, 0.15) is 17.0 Å². The number of pyridine rings is 1. The summed E-state index contributed by atoms with van der Waals surface area (Å²) in [5.74, 6) is -1.42. The Hall–Kier alpha value is -3.26. The van der Waals surface area contributed by atoms with Crippen LogP contribution in [0.25, 0.3) is 27.5 Å². The second kappa shape index (κ2) is 6.42. The fourth-order valence-electron chi connectivity index (χ4n) is 3.66. The molecule has 0 radical (unpaired) electrons. The van der Waals surface area contributed by atoms with Gasteiger partial charge in [0, 0.05) is 24.7 Å². The van der Waals surface area contributed by atoms with E-state index in [0.717, 1.165) is 0 Å². The lowest BCUT2D eigenvalue weighted by Gasteiger charge is -2.29. The molecule has 1 N–H and O–H groups in total. The Kier molecular flexibility index (Phi) is 3.87. The van der Waals surface area contributed by atoms with Crippen LogP contribution in [0.5, 0.6) is 0 Å². The van der Waals surface area contributed by atoms with Gasteiger partial charge in [0.25, 0.3) is 5.56 Å². The van der Waals surface area contributed by atoms with Crippen LogP contribution >= 0.6 is 0 Å². The molecule has 0 aliphatic carbocycles. The Balaban J connectivity index is 1.76. The van der Waals surface area contributed by atoms with Crippen molar-refractivity contribution in [2.24, 2.45) is 0 Å². The van der Waals surface area contributed by atoms with Crippen LogP contribution in [0.2, 0.25) is 0 Å². The molecule has 2 aromatic carbocycles. The number of hydrogen-bond acceptors (Lipinski definition) is 4. The van der Waals surface area contributed by atoms with E-state index >= 15 is 4.39 Å². The Labute approximate surface area is 157 Å². The van der Waals surface area contributed by atoms with E-state index in [-0.39, 0.29) is 27.5 Å². The molecule has 1 aliphatic rings. The van der Waals surface area contributed by atoms with Gasteiger partial charge < -0.3 is 9.64 Å². The summed E-state index contributed by atoms with van der Waals surface area (Å²) in [6, 6.07) is 10.2. The van der Waals surface area contributed by atoms with E-state index < -0.39 is 11.6 Å². The van der Waals surface area contributed by atoms with Crippen LogP contribution in [0.3, 0.4) is 0 Å². The average molecular weight is 382 g/mol. The van der Waals surface area contributed by atoms with E-state index in [1.54, 1.807) is 29.2 Å². The summed E-state index contributed by atoms with van der Waals surface area (Å²) in [5.41, 5.74) is 0.575. The monoisotopic (exact) mass is 382 g/mol. The Morgan fingerprint density at radius 1 is 1.07 bits per heavy atom. The number of anilines is 1. The van der Waals surface area contributed by atoms with Crippen molar-refractivity contribution in [2.45, 2.75) is 0 Å². The maximum Gasteiger partial charge on any atom is 0.280 e. The Bertz CT molecular complexity index is 1240. The Morgan fingerprint density at radius 2 is 1.82 bits per heavy atom. The van der Waals surface area contributed by atoms with Crippen LogP contribution in [0.1, 0.15) is 0 Å². The maximum absolute atomic E-state index is 15.2.